The molecular formula is C18H28N2. The fourth-order valence-corrected chi connectivity index (χ4v) is 3.57. The second-order valence-corrected chi connectivity index (χ2v) is 7.03. The van der Waals surface area contributed by atoms with Gasteiger partial charge < -0.3 is 10.2 Å². The fraction of sp³-hybridized carbons (Fsp3) is 0.667. The van der Waals surface area contributed by atoms with E-state index in [2.05, 4.69) is 56.1 Å². The molecule has 2 nitrogen and oxygen atoms in total. The monoisotopic (exact) mass is 272 g/mol. The van der Waals surface area contributed by atoms with Crippen LogP contribution >= 0.6 is 0 Å². The lowest BCUT2D eigenvalue weighted by Gasteiger charge is -2.48. The normalized spacial score (nSPS) is 30.6. The van der Waals surface area contributed by atoms with Crippen LogP contribution in [0, 0.1) is 19.8 Å². The fourth-order valence-electron chi connectivity index (χ4n) is 3.57. The Hall–Kier alpha value is -1.02. The van der Waals surface area contributed by atoms with Crippen LogP contribution < -0.4 is 10.2 Å². The molecule has 1 aromatic rings. The van der Waals surface area contributed by atoms with Gasteiger partial charge in [-0.2, -0.15) is 0 Å². The van der Waals surface area contributed by atoms with Crippen molar-refractivity contribution < 1.29 is 0 Å². The third-order valence-corrected chi connectivity index (χ3v) is 5.45. The average molecular weight is 272 g/mol. The van der Waals surface area contributed by atoms with Gasteiger partial charge in [-0.25, -0.2) is 0 Å². The number of benzene rings is 1. The maximum atomic E-state index is 3.84. The zero-order valence-corrected chi connectivity index (χ0v) is 13.4. The minimum atomic E-state index is 0.310. The van der Waals surface area contributed by atoms with Crippen LogP contribution in [-0.2, 0) is 0 Å². The Balaban J connectivity index is 1.88. The molecule has 1 aromatic carbocycles. The van der Waals surface area contributed by atoms with Crippen molar-refractivity contribution in [2.75, 3.05) is 18.0 Å². The van der Waals surface area contributed by atoms with Crippen molar-refractivity contribution in [3.63, 3.8) is 0 Å². The molecule has 2 atom stereocenters. The number of hydrogen-bond donors (Lipinski definition) is 1. The Morgan fingerprint density at radius 1 is 1.25 bits per heavy atom. The van der Waals surface area contributed by atoms with Crippen molar-refractivity contribution in [1.29, 1.82) is 0 Å². The van der Waals surface area contributed by atoms with E-state index < -0.39 is 0 Å². The van der Waals surface area contributed by atoms with Crippen LogP contribution in [0.3, 0.4) is 0 Å². The molecule has 0 bridgehead atoms. The first-order chi connectivity index (χ1) is 9.53. The molecule has 110 valence electrons. The quantitative estimate of drug-likeness (QED) is 0.903. The van der Waals surface area contributed by atoms with Gasteiger partial charge in [0.2, 0.25) is 0 Å². The standard InChI is InChI=1S/C18H28N2/c1-5-16-11-19-18(4,15-7-8-15)12-20(16)17-9-6-13(2)14(3)10-17/h6,9-10,15-16,19H,5,7-8,11-12H2,1-4H3. The number of nitrogens with zero attached hydrogens (tertiary/aromatic N) is 1. The van der Waals surface area contributed by atoms with E-state index >= 15 is 0 Å². The smallest absolute Gasteiger partial charge is 0.0412 e. The summed E-state index contributed by atoms with van der Waals surface area (Å²) in [4.78, 5) is 2.65. The maximum Gasteiger partial charge on any atom is 0.0412 e. The molecule has 2 unspecified atom stereocenters. The lowest BCUT2D eigenvalue weighted by molar-refractivity contribution is 0.252. The van der Waals surface area contributed by atoms with Crippen LogP contribution in [0.2, 0.25) is 0 Å². The van der Waals surface area contributed by atoms with Crippen LogP contribution in [0.1, 0.15) is 44.2 Å². The highest BCUT2D eigenvalue weighted by Gasteiger charge is 2.45. The van der Waals surface area contributed by atoms with Gasteiger partial charge in [-0.05, 0) is 69.2 Å². The van der Waals surface area contributed by atoms with Crippen LogP contribution in [0.4, 0.5) is 5.69 Å². The zero-order chi connectivity index (χ0) is 14.3. The highest BCUT2D eigenvalue weighted by atomic mass is 15.3. The molecule has 2 fully saturated rings. The minimum Gasteiger partial charge on any atom is -0.365 e. The molecule has 2 heteroatoms. The molecular weight excluding hydrogens is 244 g/mol. The number of rotatable bonds is 3. The van der Waals surface area contributed by atoms with Crippen molar-refractivity contribution in [1.82, 2.24) is 5.32 Å². The predicted octanol–water partition coefficient (Wildman–Crippen LogP) is 3.66. The third kappa shape index (κ3) is 2.46. The Morgan fingerprint density at radius 3 is 2.60 bits per heavy atom. The molecule has 2 aliphatic rings. The van der Waals surface area contributed by atoms with Gasteiger partial charge in [0.05, 0.1) is 0 Å². The molecule has 1 N–H and O–H groups in total. The van der Waals surface area contributed by atoms with E-state index in [1.165, 1.54) is 36.1 Å². The largest absolute Gasteiger partial charge is 0.365 e. The lowest BCUT2D eigenvalue weighted by Crippen LogP contribution is -2.64. The summed E-state index contributed by atoms with van der Waals surface area (Å²) in [6.45, 7) is 11.4. The molecule has 0 spiro atoms. The highest BCUT2D eigenvalue weighted by Crippen LogP contribution is 2.42. The summed E-state index contributed by atoms with van der Waals surface area (Å²) in [7, 11) is 0. The van der Waals surface area contributed by atoms with Crippen LogP contribution in [0.25, 0.3) is 0 Å². The summed E-state index contributed by atoms with van der Waals surface area (Å²) in [6.07, 6.45) is 4.02. The molecule has 0 aromatic heterocycles. The van der Waals surface area contributed by atoms with Gasteiger partial charge in [-0.1, -0.05) is 13.0 Å². The molecule has 20 heavy (non-hydrogen) atoms. The van der Waals surface area contributed by atoms with Gasteiger partial charge in [-0.3, -0.25) is 0 Å². The van der Waals surface area contributed by atoms with Crippen molar-refractivity contribution in [3.8, 4) is 0 Å². The SMILES string of the molecule is CCC1CNC(C)(C2CC2)CN1c1ccc(C)c(C)c1. The van der Waals surface area contributed by atoms with Crippen molar-refractivity contribution >= 4 is 5.69 Å². The summed E-state index contributed by atoms with van der Waals surface area (Å²) in [6, 6.07) is 7.58. The number of hydrogen-bond acceptors (Lipinski definition) is 2. The van der Waals surface area contributed by atoms with Crippen molar-refractivity contribution in [3.05, 3.63) is 29.3 Å². The first-order valence-corrected chi connectivity index (χ1v) is 8.12. The lowest BCUT2D eigenvalue weighted by atomic mass is 9.89. The minimum absolute atomic E-state index is 0.310. The van der Waals surface area contributed by atoms with E-state index in [0.29, 0.717) is 11.6 Å². The van der Waals surface area contributed by atoms with Crippen molar-refractivity contribution in [2.45, 2.75) is 58.5 Å². The number of nitrogens with one attached hydrogen (secondary N) is 1. The first kappa shape index (κ1) is 13.9. The Bertz CT molecular complexity index is 492. The Kier molecular flexibility index (Phi) is 3.53. The third-order valence-electron chi connectivity index (χ3n) is 5.45. The molecule has 3 rings (SSSR count). The molecule has 0 amide bonds. The summed E-state index contributed by atoms with van der Waals surface area (Å²) < 4.78 is 0. The van der Waals surface area contributed by atoms with E-state index in [1.807, 2.05) is 0 Å². The molecule has 1 aliphatic heterocycles. The molecule has 1 saturated heterocycles. The average Bonchev–Trinajstić information content (AvgIpc) is 3.27. The second kappa shape index (κ2) is 5.07. The van der Waals surface area contributed by atoms with Gasteiger partial charge in [0.1, 0.15) is 0 Å². The summed E-state index contributed by atoms with van der Waals surface area (Å²) in [5, 5.41) is 3.84. The van der Waals surface area contributed by atoms with Gasteiger partial charge in [0.15, 0.2) is 0 Å². The first-order valence-electron chi connectivity index (χ1n) is 8.12. The molecule has 1 saturated carbocycles. The molecule has 0 radical (unpaired) electrons. The van der Waals surface area contributed by atoms with Gasteiger partial charge >= 0.3 is 0 Å². The van der Waals surface area contributed by atoms with E-state index in [0.717, 1.165) is 19.0 Å². The number of anilines is 1. The maximum absolute atomic E-state index is 3.84. The van der Waals surface area contributed by atoms with Crippen LogP contribution in [0.5, 0.6) is 0 Å². The molecule has 1 aliphatic carbocycles. The summed E-state index contributed by atoms with van der Waals surface area (Å²) in [5.74, 6) is 0.884. The summed E-state index contributed by atoms with van der Waals surface area (Å²) in [5.41, 5.74) is 4.52. The van der Waals surface area contributed by atoms with E-state index in [1.54, 1.807) is 0 Å². The molecule has 1 heterocycles. The Morgan fingerprint density at radius 2 is 2.00 bits per heavy atom. The van der Waals surface area contributed by atoms with Gasteiger partial charge in [-0.15, -0.1) is 0 Å². The second-order valence-electron chi connectivity index (χ2n) is 7.03. The number of aryl methyl sites for hydroxylation is 2. The van der Waals surface area contributed by atoms with Gasteiger partial charge in [0.25, 0.3) is 0 Å². The highest BCUT2D eigenvalue weighted by molar-refractivity contribution is 5.52. The predicted molar refractivity (Wildman–Crippen MR) is 86.5 cm³/mol. The van der Waals surface area contributed by atoms with Gasteiger partial charge in [0, 0.05) is 30.4 Å². The van der Waals surface area contributed by atoms with Crippen molar-refractivity contribution in [2.24, 2.45) is 5.92 Å². The Labute approximate surface area is 123 Å². The van der Waals surface area contributed by atoms with Crippen LogP contribution in [-0.4, -0.2) is 24.7 Å². The summed E-state index contributed by atoms with van der Waals surface area (Å²) >= 11 is 0. The van der Waals surface area contributed by atoms with E-state index in [-0.39, 0.29) is 0 Å². The number of piperazine rings is 1. The van der Waals surface area contributed by atoms with E-state index in [9.17, 15) is 0 Å². The van der Waals surface area contributed by atoms with E-state index in [4.69, 9.17) is 0 Å². The zero-order valence-electron chi connectivity index (χ0n) is 13.4. The topological polar surface area (TPSA) is 15.3 Å². The van der Waals surface area contributed by atoms with Crippen LogP contribution in [0.15, 0.2) is 18.2 Å².